The Balaban J connectivity index is 1.47. The van der Waals surface area contributed by atoms with E-state index in [1.54, 1.807) is 12.1 Å². The minimum atomic E-state index is -0.553. The third kappa shape index (κ3) is 4.69. The van der Waals surface area contributed by atoms with Crippen LogP contribution < -0.4 is 5.32 Å². The largest absolute Gasteiger partial charge is 0.345 e. The first-order valence-electron chi connectivity index (χ1n) is 10.1. The zero-order chi connectivity index (χ0) is 20.4. The third-order valence-electron chi connectivity index (χ3n) is 5.80. The molecule has 2 amide bonds. The second-order valence-corrected chi connectivity index (χ2v) is 8.81. The summed E-state index contributed by atoms with van der Waals surface area (Å²) in [6, 6.07) is 13.8. The third-order valence-corrected chi connectivity index (χ3v) is 6.29. The van der Waals surface area contributed by atoms with Crippen molar-refractivity contribution >= 4 is 27.7 Å². The molecule has 1 unspecified atom stereocenters. The molecule has 1 N–H and O–H groups in total. The van der Waals surface area contributed by atoms with Crippen LogP contribution in [0, 0.1) is 17.7 Å². The van der Waals surface area contributed by atoms with E-state index in [1.807, 2.05) is 35.2 Å². The van der Waals surface area contributed by atoms with Crippen molar-refractivity contribution in [3.05, 3.63) is 69.9 Å². The molecule has 1 atom stereocenters. The van der Waals surface area contributed by atoms with Gasteiger partial charge in [-0.15, -0.1) is 0 Å². The molecule has 0 aromatic heterocycles. The lowest BCUT2D eigenvalue weighted by Gasteiger charge is -2.32. The lowest BCUT2D eigenvalue weighted by Crippen LogP contribution is -2.44. The zero-order valence-corrected chi connectivity index (χ0v) is 17.7. The number of likely N-dealkylation sites (tertiary alicyclic amines) is 1. The van der Waals surface area contributed by atoms with E-state index in [0.29, 0.717) is 36.0 Å². The Kier molecular flexibility index (Phi) is 5.99. The first-order valence-corrected chi connectivity index (χ1v) is 10.9. The summed E-state index contributed by atoms with van der Waals surface area (Å²) in [4.78, 5) is 27.1. The van der Waals surface area contributed by atoms with Crippen molar-refractivity contribution in [2.45, 2.75) is 31.7 Å². The van der Waals surface area contributed by atoms with Crippen molar-refractivity contribution in [1.29, 1.82) is 0 Å². The van der Waals surface area contributed by atoms with Gasteiger partial charge < -0.3 is 10.2 Å². The van der Waals surface area contributed by atoms with Gasteiger partial charge >= 0.3 is 0 Å². The molecule has 2 aromatic rings. The lowest BCUT2D eigenvalue weighted by atomic mass is 9.93. The van der Waals surface area contributed by atoms with E-state index >= 15 is 0 Å². The lowest BCUT2D eigenvalue weighted by molar-refractivity contribution is -0.136. The molecule has 0 bridgehead atoms. The second kappa shape index (κ2) is 8.66. The fourth-order valence-electron chi connectivity index (χ4n) is 3.93. The Bertz CT molecular complexity index is 893. The Morgan fingerprint density at radius 1 is 1.00 bits per heavy atom. The van der Waals surface area contributed by atoms with Crippen molar-refractivity contribution in [1.82, 2.24) is 10.2 Å². The fraction of sp³-hybridized carbons (Fsp3) is 0.391. The normalized spacial score (nSPS) is 18.3. The second-order valence-electron chi connectivity index (χ2n) is 7.89. The van der Waals surface area contributed by atoms with Gasteiger partial charge in [0.1, 0.15) is 5.82 Å². The van der Waals surface area contributed by atoms with Gasteiger partial charge in [-0.2, -0.15) is 0 Å². The van der Waals surface area contributed by atoms with Crippen LogP contribution in [0.3, 0.4) is 0 Å². The number of carbonyl (C=O) groups excluding carboxylic acids is 2. The molecular formula is C23H24BrFN2O2. The van der Waals surface area contributed by atoms with E-state index in [2.05, 4.69) is 21.2 Å². The highest BCUT2D eigenvalue weighted by Crippen LogP contribution is 2.33. The molecular weight excluding hydrogens is 435 g/mol. The molecule has 0 spiro atoms. The van der Waals surface area contributed by atoms with E-state index < -0.39 is 6.04 Å². The number of nitrogens with zero attached hydrogens (tertiary/aromatic N) is 1. The van der Waals surface area contributed by atoms with Crippen molar-refractivity contribution in [2.75, 3.05) is 13.1 Å². The number of rotatable bonds is 5. The maximum atomic E-state index is 14.7. The van der Waals surface area contributed by atoms with Crippen molar-refractivity contribution in [3.8, 4) is 0 Å². The Labute approximate surface area is 178 Å². The van der Waals surface area contributed by atoms with Gasteiger partial charge in [0, 0.05) is 35.0 Å². The number of amides is 2. The topological polar surface area (TPSA) is 49.4 Å². The summed E-state index contributed by atoms with van der Waals surface area (Å²) in [6.45, 7) is 1.24. The van der Waals surface area contributed by atoms with Crippen molar-refractivity contribution in [3.63, 3.8) is 0 Å². The maximum absolute atomic E-state index is 14.7. The molecule has 152 valence electrons. The molecule has 1 saturated carbocycles. The molecule has 1 aliphatic carbocycles. The van der Waals surface area contributed by atoms with Crippen LogP contribution in [0.5, 0.6) is 0 Å². The molecule has 1 heterocycles. The minimum Gasteiger partial charge on any atom is -0.345 e. The number of hydrogen-bond donors (Lipinski definition) is 1. The van der Waals surface area contributed by atoms with Gasteiger partial charge in [0.15, 0.2) is 0 Å². The summed E-state index contributed by atoms with van der Waals surface area (Å²) < 4.78 is 15.3. The van der Waals surface area contributed by atoms with E-state index in [4.69, 9.17) is 0 Å². The number of nitrogens with one attached hydrogen (secondary N) is 1. The van der Waals surface area contributed by atoms with Crippen LogP contribution in [0.2, 0.25) is 0 Å². The molecule has 0 radical (unpaired) electrons. The smallest absolute Gasteiger partial charge is 0.225 e. The van der Waals surface area contributed by atoms with E-state index in [1.165, 1.54) is 6.07 Å². The number of piperidine rings is 1. The monoisotopic (exact) mass is 458 g/mol. The highest BCUT2D eigenvalue weighted by Gasteiger charge is 2.36. The number of carbonyl (C=O) groups is 2. The van der Waals surface area contributed by atoms with Crippen molar-refractivity contribution in [2.24, 2.45) is 11.8 Å². The van der Waals surface area contributed by atoms with Crippen LogP contribution in [-0.4, -0.2) is 29.8 Å². The average Bonchev–Trinajstić information content (AvgIpc) is 3.58. The van der Waals surface area contributed by atoms with Crippen LogP contribution in [0.25, 0.3) is 0 Å². The molecule has 2 aromatic carbocycles. The summed E-state index contributed by atoms with van der Waals surface area (Å²) in [5.41, 5.74) is 1.28. The fourth-order valence-corrected chi connectivity index (χ4v) is 4.27. The highest BCUT2D eigenvalue weighted by molar-refractivity contribution is 9.10. The average molecular weight is 459 g/mol. The van der Waals surface area contributed by atoms with Crippen LogP contribution in [-0.2, 0) is 9.59 Å². The first-order chi connectivity index (χ1) is 14.0. The molecule has 4 nitrogen and oxygen atoms in total. The predicted octanol–water partition coefficient (Wildman–Crippen LogP) is 4.44. The molecule has 4 rings (SSSR count). The van der Waals surface area contributed by atoms with Crippen LogP contribution in [0.15, 0.2) is 53.0 Å². The zero-order valence-electron chi connectivity index (χ0n) is 16.1. The van der Waals surface area contributed by atoms with Gasteiger partial charge in [-0.25, -0.2) is 4.39 Å². The van der Waals surface area contributed by atoms with Crippen LogP contribution in [0.4, 0.5) is 4.39 Å². The number of halogens is 2. The van der Waals surface area contributed by atoms with Crippen LogP contribution in [0.1, 0.15) is 42.9 Å². The van der Waals surface area contributed by atoms with Crippen LogP contribution >= 0.6 is 15.9 Å². The number of hydrogen-bond acceptors (Lipinski definition) is 2. The van der Waals surface area contributed by atoms with Gasteiger partial charge in [-0.05, 0) is 43.4 Å². The SMILES string of the molecule is O=C(NC(c1ccccc1)c1ccc(Br)cc1F)C1CCN(C(=O)C2CC2)CC1. The van der Waals surface area contributed by atoms with E-state index in [-0.39, 0.29) is 29.5 Å². The van der Waals surface area contributed by atoms with Gasteiger partial charge in [0.05, 0.1) is 6.04 Å². The van der Waals surface area contributed by atoms with Gasteiger partial charge in [-0.1, -0.05) is 52.3 Å². The standard InChI is InChI=1S/C23H24BrFN2O2/c24-18-8-9-19(20(25)14-18)21(15-4-2-1-3-5-15)26-22(28)16-10-12-27(13-11-16)23(29)17-6-7-17/h1-5,8-9,14,16-17,21H,6-7,10-13H2,(H,26,28). The Hall–Kier alpha value is -2.21. The van der Waals surface area contributed by atoms with E-state index in [9.17, 15) is 14.0 Å². The molecule has 2 aliphatic rings. The van der Waals surface area contributed by atoms with Gasteiger partial charge in [0.2, 0.25) is 11.8 Å². The highest BCUT2D eigenvalue weighted by atomic mass is 79.9. The summed E-state index contributed by atoms with van der Waals surface area (Å²) in [5, 5.41) is 3.06. The molecule has 29 heavy (non-hydrogen) atoms. The summed E-state index contributed by atoms with van der Waals surface area (Å²) in [5.74, 6) is -0.160. The number of benzene rings is 2. The molecule has 2 fully saturated rings. The summed E-state index contributed by atoms with van der Waals surface area (Å²) in [7, 11) is 0. The quantitative estimate of drug-likeness (QED) is 0.719. The van der Waals surface area contributed by atoms with E-state index in [0.717, 1.165) is 18.4 Å². The predicted molar refractivity (Wildman–Crippen MR) is 113 cm³/mol. The Morgan fingerprint density at radius 2 is 1.69 bits per heavy atom. The molecule has 1 aliphatic heterocycles. The van der Waals surface area contributed by atoms with Gasteiger partial charge in [-0.3, -0.25) is 9.59 Å². The van der Waals surface area contributed by atoms with Crippen molar-refractivity contribution < 1.29 is 14.0 Å². The minimum absolute atomic E-state index is 0.0836. The maximum Gasteiger partial charge on any atom is 0.225 e. The summed E-state index contributed by atoms with van der Waals surface area (Å²) >= 11 is 3.29. The Morgan fingerprint density at radius 3 is 2.31 bits per heavy atom. The first kappa shape index (κ1) is 20.1. The summed E-state index contributed by atoms with van der Waals surface area (Å²) in [6.07, 6.45) is 3.29. The molecule has 1 saturated heterocycles. The van der Waals surface area contributed by atoms with Gasteiger partial charge in [0.25, 0.3) is 0 Å². The molecule has 6 heteroatoms.